The van der Waals surface area contributed by atoms with Crippen molar-refractivity contribution in [2.45, 2.75) is 13.5 Å². The van der Waals surface area contributed by atoms with Gasteiger partial charge in [-0.2, -0.15) is 4.80 Å². The quantitative estimate of drug-likeness (QED) is 0.788. The Kier molecular flexibility index (Phi) is 4.52. The number of aromatic nitrogens is 4. The summed E-state index contributed by atoms with van der Waals surface area (Å²) in [5, 5.41) is 15.1. The molecule has 0 saturated carbocycles. The minimum Gasteiger partial charge on any atom is -0.324 e. The maximum absolute atomic E-state index is 12.9. The van der Waals surface area contributed by atoms with E-state index in [-0.39, 0.29) is 18.3 Å². The van der Waals surface area contributed by atoms with E-state index in [9.17, 15) is 9.18 Å². The van der Waals surface area contributed by atoms with E-state index in [1.54, 1.807) is 24.3 Å². The summed E-state index contributed by atoms with van der Waals surface area (Å²) in [6.07, 6.45) is 0. The number of aryl methyl sites for hydroxylation is 1. The number of anilines is 1. The molecule has 0 bridgehead atoms. The van der Waals surface area contributed by atoms with Crippen LogP contribution in [-0.2, 0) is 11.3 Å². The van der Waals surface area contributed by atoms with E-state index in [1.807, 2.05) is 13.0 Å². The number of carbonyl (C=O) groups excluding carboxylic acids is 1. The number of nitrogens with one attached hydrogen (secondary N) is 1. The zero-order chi connectivity index (χ0) is 17.1. The number of nitrogens with zero attached hydrogens (tertiary/aromatic N) is 4. The number of hydrogen-bond acceptors (Lipinski definition) is 4. The van der Waals surface area contributed by atoms with Gasteiger partial charge in [0.15, 0.2) is 0 Å². The van der Waals surface area contributed by atoms with Crippen LogP contribution in [0.2, 0.25) is 5.02 Å². The molecule has 3 rings (SSSR count). The van der Waals surface area contributed by atoms with E-state index in [2.05, 4.69) is 20.7 Å². The molecule has 1 N–H and O–H groups in total. The van der Waals surface area contributed by atoms with E-state index in [4.69, 9.17) is 11.6 Å². The zero-order valence-corrected chi connectivity index (χ0v) is 13.5. The van der Waals surface area contributed by atoms with Crippen LogP contribution in [0.3, 0.4) is 0 Å². The molecular formula is C16H13ClFN5O. The number of halogens is 2. The lowest BCUT2D eigenvalue weighted by molar-refractivity contribution is -0.117. The maximum atomic E-state index is 12.9. The lowest BCUT2D eigenvalue weighted by Gasteiger charge is -2.06. The minimum absolute atomic E-state index is 0.0975. The molecule has 122 valence electrons. The molecule has 8 heteroatoms. The standard InChI is InChI=1S/C16H13ClFN5O/c1-10-2-7-13(8-14(10)17)19-15(24)9-23-21-16(20-22-23)11-3-5-12(18)6-4-11/h2-8H,9H2,1H3,(H,19,24). The Bertz CT molecular complexity index is 878. The molecule has 0 unspecified atom stereocenters. The van der Waals surface area contributed by atoms with E-state index >= 15 is 0 Å². The Hall–Kier alpha value is -2.80. The molecule has 6 nitrogen and oxygen atoms in total. The molecular weight excluding hydrogens is 333 g/mol. The highest BCUT2D eigenvalue weighted by atomic mass is 35.5. The Balaban J connectivity index is 1.66. The molecule has 2 aromatic carbocycles. The molecule has 1 aromatic heterocycles. The fourth-order valence-corrected chi connectivity index (χ4v) is 2.20. The lowest BCUT2D eigenvalue weighted by Crippen LogP contribution is -2.20. The van der Waals surface area contributed by atoms with E-state index in [0.29, 0.717) is 22.1 Å². The van der Waals surface area contributed by atoms with Crippen molar-refractivity contribution in [3.8, 4) is 11.4 Å². The summed E-state index contributed by atoms with van der Waals surface area (Å²) in [7, 11) is 0. The second-order valence-electron chi connectivity index (χ2n) is 5.16. The summed E-state index contributed by atoms with van der Waals surface area (Å²) in [5.41, 5.74) is 2.14. The monoisotopic (exact) mass is 345 g/mol. The highest BCUT2D eigenvalue weighted by Gasteiger charge is 2.10. The van der Waals surface area contributed by atoms with Crippen molar-refractivity contribution >= 4 is 23.2 Å². The molecule has 0 radical (unpaired) electrons. The average Bonchev–Trinajstić information content (AvgIpc) is 3.00. The van der Waals surface area contributed by atoms with Gasteiger partial charge in [0.1, 0.15) is 12.4 Å². The molecule has 0 spiro atoms. The van der Waals surface area contributed by atoms with Gasteiger partial charge in [0.25, 0.3) is 0 Å². The van der Waals surface area contributed by atoms with Gasteiger partial charge in [0.2, 0.25) is 11.7 Å². The first-order chi connectivity index (χ1) is 11.5. The van der Waals surface area contributed by atoms with Crippen LogP contribution in [-0.4, -0.2) is 26.1 Å². The van der Waals surface area contributed by atoms with Gasteiger partial charge >= 0.3 is 0 Å². The topological polar surface area (TPSA) is 72.7 Å². The number of hydrogen-bond donors (Lipinski definition) is 1. The maximum Gasteiger partial charge on any atom is 0.248 e. The van der Waals surface area contributed by atoms with Gasteiger partial charge in [-0.1, -0.05) is 17.7 Å². The second kappa shape index (κ2) is 6.76. The summed E-state index contributed by atoms with van der Waals surface area (Å²) in [5.74, 6) is -0.332. The number of carbonyl (C=O) groups is 1. The van der Waals surface area contributed by atoms with Crippen LogP contribution < -0.4 is 5.32 Å². The number of tetrazole rings is 1. The number of rotatable bonds is 4. The van der Waals surface area contributed by atoms with E-state index in [1.165, 1.54) is 16.9 Å². The third-order valence-electron chi connectivity index (χ3n) is 3.30. The predicted molar refractivity (Wildman–Crippen MR) is 88.0 cm³/mol. The summed E-state index contributed by atoms with van der Waals surface area (Å²) in [4.78, 5) is 13.2. The molecule has 0 atom stereocenters. The van der Waals surface area contributed by atoms with Crippen molar-refractivity contribution in [2.24, 2.45) is 0 Å². The molecule has 0 aliphatic carbocycles. The van der Waals surface area contributed by atoms with Crippen LogP contribution in [0.15, 0.2) is 42.5 Å². The first-order valence-corrected chi connectivity index (χ1v) is 7.49. The molecule has 0 aliphatic heterocycles. The normalized spacial score (nSPS) is 10.6. The molecule has 3 aromatic rings. The van der Waals surface area contributed by atoms with Gasteiger partial charge in [-0.15, -0.1) is 10.2 Å². The van der Waals surface area contributed by atoms with Crippen molar-refractivity contribution in [2.75, 3.05) is 5.32 Å². The van der Waals surface area contributed by atoms with E-state index in [0.717, 1.165) is 5.56 Å². The van der Waals surface area contributed by atoms with Gasteiger partial charge in [-0.25, -0.2) is 4.39 Å². The minimum atomic E-state index is -0.345. The van der Waals surface area contributed by atoms with Crippen LogP contribution in [0.25, 0.3) is 11.4 Å². The first-order valence-electron chi connectivity index (χ1n) is 7.11. The fourth-order valence-electron chi connectivity index (χ4n) is 2.02. The van der Waals surface area contributed by atoms with Gasteiger partial charge in [0, 0.05) is 16.3 Å². The summed E-state index contributed by atoms with van der Waals surface area (Å²) in [6.45, 7) is 1.78. The van der Waals surface area contributed by atoms with Crippen LogP contribution in [0.5, 0.6) is 0 Å². The highest BCUT2D eigenvalue weighted by Crippen LogP contribution is 2.20. The third-order valence-corrected chi connectivity index (χ3v) is 3.70. The predicted octanol–water partition coefficient (Wildman–Crippen LogP) is 3.08. The van der Waals surface area contributed by atoms with Gasteiger partial charge in [-0.05, 0) is 54.1 Å². The Morgan fingerprint density at radius 3 is 2.71 bits per heavy atom. The second-order valence-corrected chi connectivity index (χ2v) is 5.57. The van der Waals surface area contributed by atoms with Crippen molar-refractivity contribution in [3.05, 3.63) is 58.9 Å². The largest absolute Gasteiger partial charge is 0.324 e. The Morgan fingerprint density at radius 1 is 1.25 bits per heavy atom. The molecule has 24 heavy (non-hydrogen) atoms. The van der Waals surface area contributed by atoms with Crippen molar-refractivity contribution in [3.63, 3.8) is 0 Å². The summed E-state index contributed by atoms with van der Waals surface area (Å²) in [6, 6.07) is 11.0. The van der Waals surface area contributed by atoms with Crippen LogP contribution >= 0.6 is 11.6 Å². The third kappa shape index (κ3) is 3.75. The van der Waals surface area contributed by atoms with Crippen LogP contribution in [0, 0.1) is 12.7 Å². The smallest absolute Gasteiger partial charge is 0.248 e. The lowest BCUT2D eigenvalue weighted by atomic mass is 10.2. The molecule has 0 fully saturated rings. The van der Waals surface area contributed by atoms with Crippen molar-refractivity contribution in [1.82, 2.24) is 20.2 Å². The molecule has 1 amide bonds. The summed E-state index contributed by atoms with van der Waals surface area (Å²) >= 11 is 6.02. The molecule has 1 heterocycles. The van der Waals surface area contributed by atoms with E-state index < -0.39 is 0 Å². The highest BCUT2D eigenvalue weighted by molar-refractivity contribution is 6.31. The van der Waals surface area contributed by atoms with Crippen LogP contribution in [0.1, 0.15) is 5.56 Å². The zero-order valence-electron chi connectivity index (χ0n) is 12.7. The summed E-state index contributed by atoms with van der Waals surface area (Å²) < 4.78 is 12.9. The van der Waals surface area contributed by atoms with Crippen molar-refractivity contribution in [1.29, 1.82) is 0 Å². The van der Waals surface area contributed by atoms with Gasteiger partial charge < -0.3 is 5.32 Å². The Morgan fingerprint density at radius 2 is 2.00 bits per heavy atom. The molecule has 0 saturated heterocycles. The molecule has 0 aliphatic rings. The first kappa shape index (κ1) is 16.1. The van der Waals surface area contributed by atoms with Gasteiger partial charge in [-0.3, -0.25) is 4.79 Å². The fraction of sp³-hybridized carbons (Fsp3) is 0.125. The Labute approximate surface area is 142 Å². The average molecular weight is 346 g/mol. The number of amides is 1. The van der Waals surface area contributed by atoms with Gasteiger partial charge in [0.05, 0.1) is 0 Å². The SMILES string of the molecule is Cc1ccc(NC(=O)Cn2nnc(-c3ccc(F)cc3)n2)cc1Cl. The van der Waals surface area contributed by atoms with Crippen LogP contribution in [0.4, 0.5) is 10.1 Å². The van der Waals surface area contributed by atoms with Crippen molar-refractivity contribution < 1.29 is 9.18 Å². The number of benzene rings is 2.